The Morgan fingerprint density at radius 2 is 1.64 bits per heavy atom. The van der Waals surface area contributed by atoms with Crippen molar-refractivity contribution in [2.24, 2.45) is 5.92 Å². The number of amides is 2. The molecule has 14 heavy (non-hydrogen) atoms. The lowest BCUT2D eigenvalue weighted by molar-refractivity contribution is -0.157. The van der Waals surface area contributed by atoms with Gasteiger partial charge in [-0.15, -0.1) is 0 Å². The van der Waals surface area contributed by atoms with Crippen molar-refractivity contribution in [1.82, 2.24) is 5.32 Å². The van der Waals surface area contributed by atoms with Gasteiger partial charge in [-0.2, -0.15) is 0 Å². The van der Waals surface area contributed by atoms with Gasteiger partial charge in [-0.25, -0.2) is 0 Å². The van der Waals surface area contributed by atoms with Crippen molar-refractivity contribution < 1.29 is 19.1 Å². The van der Waals surface area contributed by atoms with Crippen LogP contribution in [0.3, 0.4) is 0 Å². The topological polar surface area (TPSA) is 72.5 Å². The van der Waals surface area contributed by atoms with Crippen molar-refractivity contribution in [2.75, 3.05) is 0 Å². The molecular formula is C9H15NO4. The molecule has 0 aromatic rings. The monoisotopic (exact) mass is 201 g/mol. The van der Waals surface area contributed by atoms with Crippen LogP contribution in [0.15, 0.2) is 0 Å². The Hall–Kier alpha value is -1.39. The van der Waals surface area contributed by atoms with E-state index in [9.17, 15) is 14.4 Å². The van der Waals surface area contributed by atoms with E-state index >= 15 is 0 Å². The Morgan fingerprint density at radius 1 is 1.14 bits per heavy atom. The summed E-state index contributed by atoms with van der Waals surface area (Å²) in [5, 5.41) is 2.07. The van der Waals surface area contributed by atoms with E-state index < -0.39 is 23.9 Å². The summed E-state index contributed by atoms with van der Waals surface area (Å²) in [6.45, 7) is 5.90. The van der Waals surface area contributed by atoms with Crippen molar-refractivity contribution in [3.63, 3.8) is 0 Å². The van der Waals surface area contributed by atoms with Gasteiger partial charge in [0, 0.05) is 13.8 Å². The Morgan fingerprint density at radius 3 is 1.93 bits per heavy atom. The molecule has 0 aliphatic carbocycles. The smallest absolute Gasteiger partial charge is 0.303 e. The van der Waals surface area contributed by atoms with Gasteiger partial charge in [-0.05, 0) is 5.92 Å². The van der Waals surface area contributed by atoms with E-state index in [2.05, 4.69) is 5.32 Å². The molecular weight excluding hydrogens is 186 g/mol. The fourth-order valence-corrected chi connectivity index (χ4v) is 0.916. The molecule has 0 spiro atoms. The first-order valence-electron chi connectivity index (χ1n) is 4.33. The number of carbonyl (C=O) groups excluding carboxylic acids is 3. The molecule has 1 N–H and O–H groups in total. The molecule has 1 atom stereocenters. The van der Waals surface area contributed by atoms with E-state index in [1.54, 1.807) is 13.8 Å². The number of ether oxygens (including phenoxy) is 1. The summed E-state index contributed by atoms with van der Waals surface area (Å²) in [6, 6.07) is 0. The summed E-state index contributed by atoms with van der Waals surface area (Å²) in [5.74, 6) is -1.75. The van der Waals surface area contributed by atoms with Gasteiger partial charge in [-0.1, -0.05) is 13.8 Å². The number of hydrogen-bond acceptors (Lipinski definition) is 4. The molecule has 5 nitrogen and oxygen atoms in total. The summed E-state index contributed by atoms with van der Waals surface area (Å²) in [5.41, 5.74) is 0. The summed E-state index contributed by atoms with van der Waals surface area (Å²) in [6.07, 6.45) is -0.906. The maximum Gasteiger partial charge on any atom is 0.303 e. The fraction of sp³-hybridized carbons (Fsp3) is 0.667. The SMILES string of the molecule is CC(=O)NC(=O)[C@@H](OC(C)=O)C(C)C. The lowest BCUT2D eigenvalue weighted by Crippen LogP contribution is -2.42. The zero-order valence-corrected chi connectivity index (χ0v) is 8.79. The van der Waals surface area contributed by atoms with Gasteiger partial charge in [-0.3, -0.25) is 19.7 Å². The molecule has 0 aliphatic rings. The van der Waals surface area contributed by atoms with Crippen molar-refractivity contribution in [3.05, 3.63) is 0 Å². The Labute approximate surface area is 82.8 Å². The van der Waals surface area contributed by atoms with Crippen LogP contribution >= 0.6 is 0 Å². The van der Waals surface area contributed by atoms with Crippen LogP contribution in [0.25, 0.3) is 0 Å². The van der Waals surface area contributed by atoms with Crippen molar-refractivity contribution in [1.29, 1.82) is 0 Å². The summed E-state index contributed by atoms with van der Waals surface area (Å²) in [7, 11) is 0. The van der Waals surface area contributed by atoms with Gasteiger partial charge < -0.3 is 4.74 Å². The van der Waals surface area contributed by atoms with Crippen LogP contribution in [0.1, 0.15) is 27.7 Å². The predicted molar refractivity (Wildman–Crippen MR) is 49.2 cm³/mol. The van der Waals surface area contributed by atoms with Gasteiger partial charge >= 0.3 is 5.97 Å². The minimum absolute atomic E-state index is 0.168. The first kappa shape index (κ1) is 12.6. The minimum Gasteiger partial charge on any atom is -0.452 e. The highest BCUT2D eigenvalue weighted by Gasteiger charge is 2.25. The van der Waals surface area contributed by atoms with Crippen LogP contribution in [-0.4, -0.2) is 23.9 Å². The molecule has 0 aromatic carbocycles. The van der Waals surface area contributed by atoms with Crippen molar-refractivity contribution in [3.8, 4) is 0 Å². The van der Waals surface area contributed by atoms with E-state index in [-0.39, 0.29) is 5.92 Å². The molecule has 0 saturated heterocycles. The van der Waals surface area contributed by atoms with Crippen LogP contribution in [0, 0.1) is 5.92 Å². The molecule has 0 fully saturated rings. The number of esters is 1. The van der Waals surface area contributed by atoms with Crippen LogP contribution in [0.4, 0.5) is 0 Å². The van der Waals surface area contributed by atoms with Gasteiger partial charge in [0.1, 0.15) is 0 Å². The fourth-order valence-electron chi connectivity index (χ4n) is 0.916. The largest absolute Gasteiger partial charge is 0.452 e. The number of imide groups is 1. The quantitative estimate of drug-likeness (QED) is 0.664. The molecule has 0 aromatic heterocycles. The highest BCUT2D eigenvalue weighted by Crippen LogP contribution is 2.06. The second-order valence-electron chi connectivity index (χ2n) is 3.32. The Balaban J connectivity index is 4.41. The second kappa shape index (κ2) is 5.36. The normalized spacial score (nSPS) is 12.1. The Bertz CT molecular complexity index is 247. The van der Waals surface area contributed by atoms with Gasteiger partial charge in [0.05, 0.1) is 0 Å². The van der Waals surface area contributed by atoms with E-state index in [1.807, 2.05) is 0 Å². The first-order valence-corrected chi connectivity index (χ1v) is 4.33. The Kier molecular flexibility index (Phi) is 4.83. The first-order chi connectivity index (χ1) is 6.34. The second-order valence-corrected chi connectivity index (χ2v) is 3.32. The third kappa shape index (κ3) is 4.59. The maximum atomic E-state index is 11.3. The molecule has 5 heteroatoms. The molecule has 0 bridgehead atoms. The molecule has 0 radical (unpaired) electrons. The highest BCUT2D eigenvalue weighted by molar-refractivity contribution is 5.97. The van der Waals surface area contributed by atoms with E-state index in [0.717, 1.165) is 0 Å². The molecule has 0 saturated carbocycles. The molecule has 2 amide bonds. The average molecular weight is 201 g/mol. The highest BCUT2D eigenvalue weighted by atomic mass is 16.5. The third-order valence-corrected chi connectivity index (χ3v) is 1.46. The average Bonchev–Trinajstić information content (AvgIpc) is 1.97. The number of carbonyl (C=O) groups is 3. The number of hydrogen-bond donors (Lipinski definition) is 1. The molecule has 0 aliphatic heterocycles. The van der Waals surface area contributed by atoms with Crippen molar-refractivity contribution >= 4 is 17.8 Å². The van der Waals surface area contributed by atoms with Gasteiger partial charge in [0.15, 0.2) is 6.10 Å². The van der Waals surface area contributed by atoms with E-state index in [0.29, 0.717) is 0 Å². The number of nitrogens with one attached hydrogen (secondary N) is 1. The lowest BCUT2D eigenvalue weighted by Gasteiger charge is -2.18. The molecule has 0 rings (SSSR count). The number of rotatable bonds is 3. The zero-order valence-electron chi connectivity index (χ0n) is 8.79. The maximum absolute atomic E-state index is 11.3. The van der Waals surface area contributed by atoms with Crippen LogP contribution in [0.2, 0.25) is 0 Å². The molecule has 0 heterocycles. The zero-order chi connectivity index (χ0) is 11.3. The van der Waals surface area contributed by atoms with Gasteiger partial charge in [0.25, 0.3) is 5.91 Å². The van der Waals surface area contributed by atoms with E-state index in [4.69, 9.17) is 4.74 Å². The van der Waals surface area contributed by atoms with Crippen molar-refractivity contribution in [2.45, 2.75) is 33.8 Å². The summed E-state index contributed by atoms with van der Waals surface area (Å²) >= 11 is 0. The van der Waals surface area contributed by atoms with Crippen LogP contribution in [-0.2, 0) is 19.1 Å². The minimum atomic E-state index is -0.906. The predicted octanol–water partition coefficient (Wildman–Crippen LogP) is 0.237. The van der Waals surface area contributed by atoms with E-state index in [1.165, 1.54) is 13.8 Å². The summed E-state index contributed by atoms with van der Waals surface area (Å²) in [4.78, 5) is 32.6. The third-order valence-electron chi connectivity index (χ3n) is 1.46. The lowest BCUT2D eigenvalue weighted by atomic mass is 10.1. The van der Waals surface area contributed by atoms with Crippen LogP contribution in [0.5, 0.6) is 0 Å². The molecule has 0 unspecified atom stereocenters. The van der Waals surface area contributed by atoms with Crippen LogP contribution < -0.4 is 5.32 Å². The standard InChI is InChI=1S/C9H15NO4/c1-5(2)8(14-7(4)12)9(13)10-6(3)11/h5,8H,1-4H3,(H,10,11,13)/t8-/m0/s1. The molecule has 80 valence electrons. The summed E-state index contributed by atoms with van der Waals surface area (Å²) < 4.78 is 4.77. The van der Waals surface area contributed by atoms with Gasteiger partial charge in [0.2, 0.25) is 5.91 Å².